The second-order valence-corrected chi connectivity index (χ2v) is 4.63. The van der Waals surface area contributed by atoms with Crippen LogP contribution in [0.1, 0.15) is 15.9 Å². The summed E-state index contributed by atoms with van der Waals surface area (Å²) in [5.41, 5.74) is 2.98. The Morgan fingerprint density at radius 2 is 1.55 bits per heavy atom. The molecule has 2 aromatic carbocycles. The molecule has 0 saturated heterocycles. The van der Waals surface area contributed by atoms with Crippen LogP contribution < -0.4 is 0 Å². The first-order chi connectivity index (χ1) is 9.75. The highest BCUT2D eigenvalue weighted by Crippen LogP contribution is 2.23. The Labute approximate surface area is 117 Å². The molecule has 0 saturated carbocycles. The van der Waals surface area contributed by atoms with E-state index >= 15 is 0 Å². The first-order valence-electron chi connectivity index (χ1n) is 6.44. The van der Waals surface area contributed by atoms with Gasteiger partial charge in [0.15, 0.2) is 5.78 Å². The Morgan fingerprint density at radius 1 is 0.950 bits per heavy atom. The van der Waals surface area contributed by atoms with Gasteiger partial charge in [0, 0.05) is 24.4 Å². The van der Waals surface area contributed by atoms with Crippen LogP contribution in [0.15, 0.2) is 66.9 Å². The Hall–Kier alpha value is -2.68. The number of benzene rings is 2. The average molecular weight is 262 g/mol. The highest BCUT2D eigenvalue weighted by atomic mass is 16.1. The molecule has 0 amide bonds. The van der Waals surface area contributed by atoms with Crippen LogP contribution in [-0.4, -0.2) is 15.6 Å². The Morgan fingerprint density at radius 3 is 2.20 bits per heavy atom. The van der Waals surface area contributed by atoms with E-state index in [2.05, 4.69) is 5.10 Å². The highest BCUT2D eigenvalue weighted by Gasteiger charge is 2.18. The molecule has 0 spiro atoms. The van der Waals surface area contributed by atoms with Gasteiger partial charge in [-0.15, -0.1) is 0 Å². The summed E-state index contributed by atoms with van der Waals surface area (Å²) in [7, 11) is 1.83. The largest absolute Gasteiger partial charge is 0.288 e. The zero-order valence-electron chi connectivity index (χ0n) is 11.2. The van der Waals surface area contributed by atoms with Gasteiger partial charge >= 0.3 is 0 Å². The lowest BCUT2D eigenvalue weighted by molar-refractivity contribution is 0.103. The molecular formula is C17H14N2O. The molecule has 0 aliphatic carbocycles. The molecule has 1 aromatic heterocycles. The van der Waals surface area contributed by atoms with Crippen molar-refractivity contribution < 1.29 is 4.79 Å². The Bertz CT molecular complexity index is 730. The van der Waals surface area contributed by atoms with Gasteiger partial charge in [0.2, 0.25) is 0 Å². The number of nitrogens with zero attached hydrogens (tertiary/aromatic N) is 2. The summed E-state index contributed by atoms with van der Waals surface area (Å²) in [5, 5.41) is 4.42. The summed E-state index contributed by atoms with van der Waals surface area (Å²) in [6.45, 7) is 0. The van der Waals surface area contributed by atoms with Gasteiger partial charge in [0.05, 0.1) is 5.56 Å². The molecule has 3 aromatic rings. The quantitative estimate of drug-likeness (QED) is 0.679. The van der Waals surface area contributed by atoms with Crippen molar-refractivity contribution in [2.75, 3.05) is 0 Å². The Kier molecular flexibility index (Phi) is 3.17. The maximum Gasteiger partial charge on any atom is 0.196 e. The molecule has 0 fully saturated rings. The van der Waals surface area contributed by atoms with Gasteiger partial charge in [0.1, 0.15) is 5.69 Å². The minimum Gasteiger partial charge on any atom is -0.288 e. The van der Waals surface area contributed by atoms with Crippen LogP contribution in [-0.2, 0) is 7.05 Å². The van der Waals surface area contributed by atoms with Crippen LogP contribution in [0.5, 0.6) is 0 Å². The lowest BCUT2D eigenvalue weighted by Crippen LogP contribution is -2.01. The number of ketones is 1. The SMILES string of the molecule is Cn1cc(C(=O)c2ccccc2)c(-c2ccccc2)n1. The molecule has 3 rings (SSSR count). The zero-order chi connectivity index (χ0) is 13.9. The monoisotopic (exact) mass is 262 g/mol. The second kappa shape index (κ2) is 5.13. The van der Waals surface area contributed by atoms with Crippen LogP contribution in [0.3, 0.4) is 0 Å². The number of aryl methyl sites for hydroxylation is 1. The van der Waals surface area contributed by atoms with Crippen LogP contribution in [0, 0.1) is 0 Å². The van der Waals surface area contributed by atoms with E-state index in [1.54, 1.807) is 10.9 Å². The van der Waals surface area contributed by atoms with Gasteiger partial charge < -0.3 is 0 Å². The minimum absolute atomic E-state index is 0.00227. The van der Waals surface area contributed by atoms with Crippen LogP contribution in [0.2, 0.25) is 0 Å². The summed E-state index contributed by atoms with van der Waals surface area (Å²) in [6, 6.07) is 19.0. The van der Waals surface area contributed by atoms with E-state index in [1.807, 2.05) is 67.7 Å². The molecule has 0 atom stereocenters. The lowest BCUT2D eigenvalue weighted by Gasteiger charge is -2.02. The summed E-state index contributed by atoms with van der Waals surface area (Å²) < 4.78 is 1.68. The second-order valence-electron chi connectivity index (χ2n) is 4.63. The molecule has 98 valence electrons. The molecule has 20 heavy (non-hydrogen) atoms. The number of hydrogen-bond donors (Lipinski definition) is 0. The van der Waals surface area contributed by atoms with Crippen molar-refractivity contribution in [1.82, 2.24) is 9.78 Å². The fourth-order valence-corrected chi connectivity index (χ4v) is 2.21. The molecule has 3 heteroatoms. The predicted molar refractivity (Wildman–Crippen MR) is 78.5 cm³/mol. The molecule has 0 aliphatic rings. The summed E-state index contributed by atoms with van der Waals surface area (Å²) in [6.07, 6.45) is 1.78. The van der Waals surface area contributed by atoms with Gasteiger partial charge in [-0.05, 0) is 0 Å². The normalized spacial score (nSPS) is 10.4. The molecule has 1 heterocycles. The van der Waals surface area contributed by atoms with E-state index in [0.29, 0.717) is 11.1 Å². The molecule has 3 nitrogen and oxygen atoms in total. The standard InChI is InChI=1S/C17H14N2O/c1-19-12-15(17(20)14-10-6-3-7-11-14)16(18-19)13-8-4-2-5-9-13/h2-12H,1H3. The summed E-state index contributed by atoms with van der Waals surface area (Å²) in [5.74, 6) is -0.00227. The topological polar surface area (TPSA) is 34.9 Å². The highest BCUT2D eigenvalue weighted by molar-refractivity contribution is 6.12. The molecule has 0 unspecified atom stereocenters. The number of rotatable bonds is 3. The van der Waals surface area contributed by atoms with Crippen molar-refractivity contribution in [2.24, 2.45) is 7.05 Å². The molecule has 0 bridgehead atoms. The van der Waals surface area contributed by atoms with Gasteiger partial charge in [-0.3, -0.25) is 9.48 Å². The molecule has 0 radical (unpaired) electrons. The van der Waals surface area contributed by atoms with Gasteiger partial charge in [-0.2, -0.15) is 5.10 Å². The zero-order valence-corrected chi connectivity index (χ0v) is 11.2. The van der Waals surface area contributed by atoms with Crippen LogP contribution >= 0.6 is 0 Å². The predicted octanol–water partition coefficient (Wildman–Crippen LogP) is 3.32. The van der Waals surface area contributed by atoms with Gasteiger partial charge in [0.25, 0.3) is 0 Å². The van der Waals surface area contributed by atoms with E-state index in [4.69, 9.17) is 0 Å². The van der Waals surface area contributed by atoms with Crippen molar-refractivity contribution in [1.29, 1.82) is 0 Å². The third-order valence-electron chi connectivity index (χ3n) is 3.16. The van der Waals surface area contributed by atoms with Crippen LogP contribution in [0.4, 0.5) is 0 Å². The molecular weight excluding hydrogens is 248 g/mol. The van der Waals surface area contributed by atoms with Gasteiger partial charge in [-0.25, -0.2) is 0 Å². The Balaban J connectivity index is 2.09. The third-order valence-corrected chi connectivity index (χ3v) is 3.16. The average Bonchev–Trinajstić information content (AvgIpc) is 2.90. The number of hydrogen-bond acceptors (Lipinski definition) is 2. The van der Waals surface area contributed by atoms with Crippen LogP contribution in [0.25, 0.3) is 11.3 Å². The summed E-state index contributed by atoms with van der Waals surface area (Å²) in [4.78, 5) is 12.6. The third kappa shape index (κ3) is 2.26. The first-order valence-corrected chi connectivity index (χ1v) is 6.44. The van der Waals surface area contributed by atoms with E-state index in [1.165, 1.54) is 0 Å². The van der Waals surface area contributed by atoms with Gasteiger partial charge in [-0.1, -0.05) is 60.7 Å². The van der Waals surface area contributed by atoms with Crippen molar-refractivity contribution >= 4 is 5.78 Å². The van der Waals surface area contributed by atoms with Crippen molar-refractivity contribution in [2.45, 2.75) is 0 Å². The fourth-order valence-electron chi connectivity index (χ4n) is 2.21. The van der Waals surface area contributed by atoms with Crippen molar-refractivity contribution in [3.05, 3.63) is 78.0 Å². The van der Waals surface area contributed by atoms with E-state index in [0.717, 1.165) is 11.3 Å². The maximum absolute atomic E-state index is 12.6. The molecule has 0 aliphatic heterocycles. The first kappa shape index (κ1) is 12.4. The minimum atomic E-state index is -0.00227. The van der Waals surface area contributed by atoms with E-state index in [-0.39, 0.29) is 5.78 Å². The van der Waals surface area contributed by atoms with Crippen molar-refractivity contribution in [3.63, 3.8) is 0 Å². The molecule has 0 N–H and O–H groups in total. The van der Waals surface area contributed by atoms with Crippen molar-refractivity contribution in [3.8, 4) is 11.3 Å². The smallest absolute Gasteiger partial charge is 0.196 e. The lowest BCUT2D eigenvalue weighted by atomic mass is 10.0. The van der Waals surface area contributed by atoms with E-state index < -0.39 is 0 Å². The van der Waals surface area contributed by atoms with E-state index in [9.17, 15) is 4.79 Å². The fraction of sp³-hybridized carbons (Fsp3) is 0.0588. The number of carbonyl (C=O) groups excluding carboxylic acids is 1. The number of aromatic nitrogens is 2. The summed E-state index contributed by atoms with van der Waals surface area (Å²) >= 11 is 0. The number of carbonyl (C=O) groups is 1. The maximum atomic E-state index is 12.6.